The van der Waals surface area contributed by atoms with E-state index in [4.69, 9.17) is 9.15 Å². The fraction of sp³-hybridized carbons (Fsp3) is 0.650. The van der Waals surface area contributed by atoms with Crippen molar-refractivity contribution >= 4 is 17.6 Å². The summed E-state index contributed by atoms with van der Waals surface area (Å²) in [5.41, 5.74) is 0.449. The molecule has 0 aromatic carbocycles. The monoisotopic (exact) mass is 376 g/mol. The van der Waals surface area contributed by atoms with Crippen LogP contribution in [-0.2, 0) is 14.3 Å². The second kappa shape index (κ2) is 8.25. The van der Waals surface area contributed by atoms with Gasteiger partial charge in [-0.2, -0.15) is 0 Å². The summed E-state index contributed by atoms with van der Waals surface area (Å²) < 4.78 is 10.4. The zero-order valence-corrected chi connectivity index (χ0v) is 16.0. The maximum atomic E-state index is 13.0. The molecule has 2 heterocycles. The number of hydrogen-bond acceptors (Lipinski definition) is 5. The normalized spacial score (nSPS) is 24.9. The van der Waals surface area contributed by atoms with Crippen molar-refractivity contribution in [3.05, 3.63) is 24.2 Å². The van der Waals surface area contributed by atoms with Crippen molar-refractivity contribution in [3.8, 4) is 0 Å². The number of hydrogen-bond donors (Lipinski definition) is 2. The minimum Gasteiger partial charge on any atom is -0.472 e. The Morgan fingerprint density at radius 1 is 1.33 bits per heavy atom. The van der Waals surface area contributed by atoms with E-state index in [1.807, 2.05) is 6.92 Å². The van der Waals surface area contributed by atoms with E-state index in [1.54, 1.807) is 6.07 Å². The molecule has 1 saturated heterocycles. The molecular formula is C20H28N2O5. The average Bonchev–Trinajstić information content (AvgIpc) is 3.28. The number of furan rings is 1. The quantitative estimate of drug-likeness (QED) is 0.725. The molecule has 1 aromatic heterocycles. The van der Waals surface area contributed by atoms with Crippen LogP contribution in [0.5, 0.6) is 0 Å². The predicted molar refractivity (Wildman–Crippen MR) is 98.1 cm³/mol. The largest absolute Gasteiger partial charge is 0.472 e. The van der Waals surface area contributed by atoms with Gasteiger partial charge in [0.2, 0.25) is 5.91 Å². The van der Waals surface area contributed by atoms with Gasteiger partial charge in [-0.1, -0.05) is 26.7 Å². The van der Waals surface area contributed by atoms with Crippen molar-refractivity contribution < 1.29 is 23.5 Å². The zero-order chi connectivity index (χ0) is 19.4. The summed E-state index contributed by atoms with van der Waals surface area (Å²) in [5, 5.41) is 5.66. The van der Waals surface area contributed by atoms with Gasteiger partial charge in [-0.3, -0.25) is 14.4 Å². The molecule has 0 bridgehead atoms. The summed E-state index contributed by atoms with van der Waals surface area (Å²) in [6, 6.07) is 0.221. The smallest absolute Gasteiger partial charge is 0.255 e. The summed E-state index contributed by atoms with van der Waals surface area (Å²) in [5.74, 6) is -0.798. The molecule has 1 aliphatic heterocycles. The van der Waals surface area contributed by atoms with Crippen molar-refractivity contribution in [2.75, 3.05) is 6.61 Å². The van der Waals surface area contributed by atoms with Crippen LogP contribution in [0.4, 0.5) is 0 Å². The van der Waals surface area contributed by atoms with Crippen LogP contribution in [0.1, 0.15) is 62.7 Å². The van der Waals surface area contributed by atoms with Gasteiger partial charge in [-0.05, 0) is 37.2 Å². The Hall–Kier alpha value is -2.15. The highest BCUT2D eigenvalue weighted by Crippen LogP contribution is 2.47. The second-order valence-corrected chi connectivity index (χ2v) is 7.66. The van der Waals surface area contributed by atoms with Gasteiger partial charge >= 0.3 is 0 Å². The van der Waals surface area contributed by atoms with Gasteiger partial charge in [-0.15, -0.1) is 0 Å². The summed E-state index contributed by atoms with van der Waals surface area (Å²) in [6.07, 6.45) is 7.88. The molecule has 27 heavy (non-hydrogen) atoms. The van der Waals surface area contributed by atoms with Crippen LogP contribution in [-0.4, -0.2) is 42.4 Å². The van der Waals surface area contributed by atoms with E-state index < -0.39 is 12.1 Å². The van der Waals surface area contributed by atoms with Crippen molar-refractivity contribution in [1.29, 1.82) is 0 Å². The topological polar surface area (TPSA) is 97.6 Å². The molecule has 1 saturated carbocycles. The van der Waals surface area contributed by atoms with E-state index in [0.717, 1.165) is 25.7 Å². The van der Waals surface area contributed by atoms with Crippen molar-refractivity contribution in [2.45, 2.75) is 70.6 Å². The summed E-state index contributed by atoms with van der Waals surface area (Å²) in [4.78, 5) is 37.5. The Kier molecular flexibility index (Phi) is 5.99. The van der Waals surface area contributed by atoms with Gasteiger partial charge < -0.3 is 19.8 Å². The molecule has 148 valence electrons. The Balaban J connectivity index is 1.72. The van der Waals surface area contributed by atoms with E-state index in [-0.39, 0.29) is 35.7 Å². The fourth-order valence-corrected chi connectivity index (χ4v) is 4.02. The standard InChI is InChI=1S/C20H28N2O5/c1-3-16-17(15(23)12-27-16)22-19(25)14(10-20(4-2)7-5-8-20)21-18(24)13-6-9-26-11-13/h6,9,11,14,16-17H,3-5,7-8,10,12H2,1-2H3,(H,21,24)(H,22,25)/t14-,16-,17+/m0/s1. The van der Waals surface area contributed by atoms with E-state index in [2.05, 4.69) is 17.6 Å². The van der Waals surface area contributed by atoms with Gasteiger partial charge in [0, 0.05) is 0 Å². The molecule has 3 rings (SSSR count). The lowest BCUT2D eigenvalue weighted by Gasteiger charge is -2.43. The first-order valence-corrected chi connectivity index (χ1v) is 9.76. The third-order valence-electron chi connectivity index (χ3n) is 6.06. The number of amides is 2. The van der Waals surface area contributed by atoms with Gasteiger partial charge in [0.05, 0.1) is 17.9 Å². The number of carbonyl (C=O) groups excluding carboxylic acids is 3. The molecule has 7 nitrogen and oxygen atoms in total. The third kappa shape index (κ3) is 4.24. The molecule has 1 aromatic rings. The Morgan fingerprint density at radius 3 is 2.67 bits per heavy atom. The average molecular weight is 376 g/mol. The molecule has 0 spiro atoms. The van der Waals surface area contributed by atoms with Crippen LogP contribution in [0.15, 0.2) is 23.0 Å². The van der Waals surface area contributed by atoms with E-state index in [0.29, 0.717) is 18.4 Å². The lowest BCUT2D eigenvalue weighted by molar-refractivity contribution is -0.128. The summed E-state index contributed by atoms with van der Waals surface area (Å²) in [7, 11) is 0. The molecule has 0 unspecified atom stereocenters. The Bertz CT molecular complexity index is 675. The molecule has 2 aliphatic rings. The maximum absolute atomic E-state index is 13.0. The van der Waals surface area contributed by atoms with Gasteiger partial charge in [0.1, 0.15) is 25.0 Å². The highest BCUT2D eigenvalue weighted by Gasteiger charge is 2.42. The van der Waals surface area contributed by atoms with Crippen LogP contribution < -0.4 is 10.6 Å². The number of rotatable bonds is 8. The summed E-state index contributed by atoms with van der Waals surface area (Å²) in [6.45, 7) is 4.06. The molecule has 7 heteroatoms. The van der Waals surface area contributed by atoms with Gasteiger partial charge in [-0.25, -0.2) is 0 Å². The third-order valence-corrected chi connectivity index (χ3v) is 6.06. The van der Waals surface area contributed by atoms with Gasteiger partial charge in [0.15, 0.2) is 5.78 Å². The van der Waals surface area contributed by atoms with Crippen LogP contribution in [0.25, 0.3) is 0 Å². The molecule has 2 fully saturated rings. The van der Waals surface area contributed by atoms with Crippen molar-refractivity contribution in [3.63, 3.8) is 0 Å². The number of Topliss-reactive ketones (excluding diaryl/α,β-unsaturated/α-hetero) is 1. The minimum absolute atomic E-state index is 0.0222. The van der Waals surface area contributed by atoms with Gasteiger partial charge in [0.25, 0.3) is 5.91 Å². The minimum atomic E-state index is -0.696. The lowest BCUT2D eigenvalue weighted by atomic mass is 9.63. The van der Waals surface area contributed by atoms with Crippen molar-refractivity contribution in [2.24, 2.45) is 5.41 Å². The number of ketones is 1. The number of nitrogens with one attached hydrogen (secondary N) is 2. The van der Waals surface area contributed by atoms with Crippen LogP contribution in [0.3, 0.4) is 0 Å². The van der Waals surface area contributed by atoms with Crippen LogP contribution in [0, 0.1) is 5.41 Å². The zero-order valence-electron chi connectivity index (χ0n) is 16.0. The first-order valence-electron chi connectivity index (χ1n) is 9.76. The predicted octanol–water partition coefficient (Wildman–Crippen LogP) is 2.21. The summed E-state index contributed by atoms with van der Waals surface area (Å²) >= 11 is 0. The van der Waals surface area contributed by atoms with Crippen LogP contribution >= 0.6 is 0 Å². The van der Waals surface area contributed by atoms with E-state index in [9.17, 15) is 14.4 Å². The Labute approximate surface area is 159 Å². The molecule has 3 atom stereocenters. The van der Waals surface area contributed by atoms with E-state index in [1.165, 1.54) is 12.5 Å². The molecule has 0 radical (unpaired) electrons. The van der Waals surface area contributed by atoms with E-state index >= 15 is 0 Å². The second-order valence-electron chi connectivity index (χ2n) is 7.66. The first kappa shape index (κ1) is 19.6. The highest BCUT2D eigenvalue weighted by atomic mass is 16.5. The highest BCUT2D eigenvalue weighted by molar-refractivity contribution is 5.98. The van der Waals surface area contributed by atoms with Crippen molar-refractivity contribution in [1.82, 2.24) is 10.6 Å². The lowest BCUT2D eigenvalue weighted by Crippen LogP contribution is -2.55. The first-order chi connectivity index (χ1) is 13.0. The maximum Gasteiger partial charge on any atom is 0.255 e. The molecule has 2 amide bonds. The Morgan fingerprint density at radius 2 is 2.11 bits per heavy atom. The molecule has 2 N–H and O–H groups in total. The fourth-order valence-electron chi connectivity index (χ4n) is 4.02. The molecular weight excluding hydrogens is 348 g/mol. The number of ether oxygens (including phenoxy) is 1. The molecule has 1 aliphatic carbocycles. The SMILES string of the molecule is CC[C@@H]1OCC(=O)[C@H]1NC(=O)[C@H](CC1(CC)CCC1)NC(=O)c1ccoc1. The number of carbonyl (C=O) groups is 3. The van der Waals surface area contributed by atoms with Crippen LogP contribution in [0.2, 0.25) is 0 Å².